The second kappa shape index (κ2) is 12.9. The van der Waals surface area contributed by atoms with Gasteiger partial charge in [0, 0.05) is 29.1 Å². The normalized spacial score (nSPS) is 14.6. The van der Waals surface area contributed by atoms with Crippen LogP contribution in [0.2, 0.25) is 10.0 Å². The van der Waals surface area contributed by atoms with Crippen molar-refractivity contribution in [2.24, 2.45) is 0 Å². The van der Waals surface area contributed by atoms with E-state index in [1.807, 2.05) is 19.1 Å². The van der Waals surface area contributed by atoms with Crippen molar-refractivity contribution in [1.82, 2.24) is 10.2 Å². The maximum atomic E-state index is 13.3. The molecule has 0 spiro atoms. The van der Waals surface area contributed by atoms with Crippen molar-refractivity contribution in [3.8, 4) is 5.75 Å². The van der Waals surface area contributed by atoms with E-state index >= 15 is 0 Å². The van der Waals surface area contributed by atoms with Crippen molar-refractivity contribution in [3.63, 3.8) is 0 Å². The first-order valence-corrected chi connectivity index (χ1v) is 12.4. The summed E-state index contributed by atoms with van der Waals surface area (Å²) in [6, 6.07) is 14.3. The molecular formula is C26H32Cl2N2O3. The molecule has 5 nitrogen and oxygen atoms in total. The molecule has 0 unspecified atom stereocenters. The van der Waals surface area contributed by atoms with Crippen molar-refractivity contribution < 1.29 is 14.3 Å². The van der Waals surface area contributed by atoms with E-state index in [1.165, 1.54) is 0 Å². The molecule has 0 saturated heterocycles. The summed E-state index contributed by atoms with van der Waals surface area (Å²) in [6.07, 6.45) is 5.71. The standard InChI is InChI=1S/C26H32Cl2N2O3/c1-2-24(26(32)29-22-6-3-4-7-22)30(18-19-9-11-20(27)12-10-19)25(31)8-5-17-33-23-15-13-21(28)14-16-23/h9-16,22,24H,2-8,17-18H2,1H3,(H,29,32)/t24-/m0/s1. The molecule has 2 aromatic rings. The van der Waals surface area contributed by atoms with Gasteiger partial charge in [0.05, 0.1) is 6.61 Å². The summed E-state index contributed by atoms with van der Waals surface area (Å²) in [5.41, 5.74) is 0.942. The summed E-state index contributed by atoms with van der Waals surface area (Å²) in [5, 5.41) is 4.45. The van der Waals surface area contributed by atoms with Crippen LogP contribution in [-0.4, -0.2) is 35.4 Å². The lowest BCUT2D eigenvalue weighted by molar-refractivity contribution is -0.141. The maximum Gasteiger partial charge on any atom is 0.243 e. The second-order valence-electron chi connectivity index (χ2n) is 8.47. The molecule has 1 aliphatic carbocycles. The molecule has 7 heteroatoms. The highest BCUT2D eigenvalue weighted by molar-refractivity contribution is 6.30. The second-order valence-corrected chi connectivity index (χ2v) is 9.34. The van der Waals surface area contributed by atoms with Gasteiger partial charge in [0.15, 0.2) is 0 Å². The average molecular weight is 491 g/mol. The number of benzene rings is 2. The molecule has 1 saturated carbocycles. The van der Waals surface area contributed by atoms with E-state index in [9.17, 15) is 9.59 Å². The summed E-state index contributed by atoms with van der Waals surface area (Å²) in [6.45, 7) is 2.72. The molecule has 0 radical (unpaired) electrons. The molecule has 2 amide bonds. The van der Waals surface area contributed by atoms with Crippen LogP contribution in [0, 0.1) is 0 Å². The van der Waals surface area contributed by atoms with Gasteiger partial charge in [-0.2, -0.15) is 0 Å². The van der Waals surface area contributed by atoms with Crippen LogP contribution in [0.5, 0.6) is 5.75 Å². The molecule has 0 aromatic heterocycles. The zero-order chi connectivity index (χ0) is 23.6. The fraction of sp³-hybridized carbons (Fsp3) is 0.462. The minimum absolute atomic E-state index is 0.0573. The summed E-state index contributed by atoms with van der Waals surface area (Å²) in [7, 11) is 0. The number of halogens is 2. The summed E-state index contributed by atoms with van der Waals surface area (Å²) in [4.78, 5) is 28.1. The summed E-state index contributed by atoms with van der Waals surface area (Å²) < 4.78 is 5.72. The lowest BCUT2D eigenvalue weighted by Crippen LogP contribution is -2.50. The first-order chi connectivity index (χ1) is 16.0. The number of carbonyl (C=O) groups is 2. The highest BCUT2D eigenvalue weighted by atomic mass is 35.5. The number of hydrogen-bond donors (Lipinski definition) is 1. The van der Waals surface area contributed by atoms with E-state index < -0.39 is 6.04 Å². The van der Waals surface area contributed by atoms with Crippen molar-refractivity contribution in [3.05, 3.63) is 64.1 Å². The van der Waals surface area contributed by atoms with Crippen molar-refractivity contribution in [1.29, 1.82) is 0 Å². The van der Waals surface area contributed by atoms with Crippen molar-refractivity contribution in [2.45, 2.75) is 70.5 Å². The lowest BCUT2D eigenvalue weighted by atomic mass is 10.1. The van der Waals surface area contributed by atoms with E-state index in [1.54, 1.807) is 41.3 Å². The Bertz CT molecular complexity index is 897. The van der Waals surface area contributed by atoms with E-state index in [0.29, 0.717) is 48.2 Å². The zero-order valence-corrected chi connectivity index (χ0v) is 20.6. The third-order valence-electron chi connectivity index (χ3n) is 5.97. The number of hydrogen-bond acceptors (Lipinski definition) is 3. The van der Waals surface area contributed by atoms with Crippen LogP contribution in [0.3, 0.4) is 0 Å². The van der Waals surface area contributed by atoms with Gasteiger partial charge in [-0.25, -0.2) is 0 Å². The van der Waals surface area contributed by atoms with Gasteiger partial charge in [0.1, 0.15) is 11.8 Å². The molecule has 1 fully saturated rings. The van der Waals surface area contributed by atoms with Crippen molar-refractivity contribution in [2.75, 3.05) is 6.61 Å². The molecule has 1 atom stereocenters. The minimum Gasteiger partial charge on any atom is -0.494 e. The quantitative estimate of drug-likeness (QED) is 0.391. The van der Waals surface area contributed by atoms with E-state index in [2.05, 4.69) is 5.32 Å². The molecule has 1 N–H and O–H groups in total. The highest BCUT2D eigenvalue weighted by Gasteiger charge is 2.30. The van der Waals surface area contributed by atoms with Crippen LogP contribution in [0.15, 0.2) is 48.5 Å². The Balaban J connectivity index is 1.63. The monoisotopic (exact) mass is 490 g/mol. The molecule has 2 aromatic carbocycles. The Hall–Kier alpha value is -2.24. The predicted molar refractivity (Wildman–Crippen MR) is 133 cm³/mol. The number of amides is 2. The number of nitrogens with one attached hydrogen (secondary N) is 1. The third-order valence-corrected chi connectivity index (χ3v) is 6.47. The third kappa shape index (κ3) is 7.94. The van der Waals surface area contributed by atoms with Gasteiger partial charge in [-0.05, 0) is 67.6 Å². The van der Waals surface area contributed by atoms with Gasteiger partial charge in [0.2, 0.25) is 11.8 Å². The molecular weight excluding hydrogens is 459 g/mol. The number of nitrogens with zero attached hydrogens (tertiary/aromatic N) is 1. The number of ether oxygens (including phenoxy) is 1. The largest absolute Gasteiger partial charge is 0.494 e. The van der Waals surface area contributed by atoms with Crippen molar-refractivity contribution >= 4 is 35.0 Å². The van der Waals surface area contributed by atoms with Crippen LogP contribution >= 0.6 is 23.2 Å². The molecule has 1 aliphatic rings. The summed E-state index contributed by atoms with van der Waals surface area (Å²) in [5.74, 6) is 0.592. The van der Waals surface area contributed by atoms with Crippen LogP contribution in [0.4, 0.5) is 0 Å². The fourth-order valence-electron chi connectivity index (χ4n) is 4.16. The average Bonchev–Trinajstić information content (AvgIpc) is 3.32. The fourth-order valence-corrected chi connectivity index (χ4v) is 4.41. The van der Waals surface area contributed by atoms with Gasteiger partial charge >= 0.3 is 0 Å². The molecule has 0 heterocycles. The Labute approximate surface area is 206 Å². The number of carbonyl (C=O) groups excluding carboxylic acids is 2. The molecule has 3 rings (SSSR count). The van der Waals surface area contributed by atoms with E-state index in [-0.39, 0.29) is 17.9 Å². The van der Waals surface area contributed by atoms with Gasteiger partial charge in [0.25, 0.3) is 0 Å². The maximum absolute atomic E-state index is 13.3. The Morgan fingerprint density at radius 3 is 2.24 bits per heavy atom. The minimum atomic E-state index is -0.508. The van der Waals surface area contributed by atoms with Gasteiger partial charge < -0.3 is 15.0 Å². The Morgan fingerprint density at radius 1 is 1.03 bits per heavy atom. The topological polar surface area (TPSA) is 58.6 Å². The molecule has 0 bridgehead atoms. The predicted octanol–water partition coefficient (Wildman–Crippen LogP) is 6.02. The molecule has 178 valence electrons. The first-order valence-electron chi connectivity index (χ1n) is 11.7. The SMILES string of the molecule is CC[C@@H](C(=O)NC1CCCC1)N(Cc1ccc(Cl)cc1)C(=O)CCCOc1ccc(Cl)cc1. The van der Waals surface area contributed by atoms with Crippen LogP contribution < -0.4 is 10.1 Å². The van der Waals surface area contributed by atoms with Gasteiger partial charge in [-0.15, -0.1) is 0 Å². The Kier molecular flexibility index (Phi) is 9.89. The zero-order valence-electron chi connectivity index (χ0n) is 19.1. The van der Waals surface area contributed by atoms with Crippen LogP contribution in [0.25, 0.3) is 0 Å². The van der Waals surface area contributed by atoms with Gasteiger partial charge in [-0.3, -0.25) is 9.59 Å². The summed E-state index contributed by atoms with van der Waals surface area (Å²) >= 11 is 11.9. The van der Waals surface area contributed by atoms with Gasteiger partial charge in [-0.1, -0.05) is 55.1 Å². The smallest absolute Gasteiger partial charge is 0.243 e. The number of rotatable bonds is 11. The van der Waals surface area contributed by atoms with Crippen LogP contribution in [-0.2, 0) is 16.1 Å². The Morgan fingerprint density at radius 2 is 1.64 bits per heavy atom. The highest BCUT2D eigenvalue weighted by Crippen LogP contribution is 2.21. The van der Waals surface area contributed by atoms with E-state index in [4.69, 9.17) is 27.9 Å². The molecule has 0 aliphatic heterocycles. The molecule has 33 heavy (non-hydrogen) atoms. The van der Waals surface area contributed by atoms with Crippen LogP contribution in [0.1, 0.15) is 57.4 Å². The van der Waals surface area contributed by atoms with E-state index in [0.717, 1.165) is 31.2 Å². The lowest BCUT2D eigenvalue weighted by Gasteiger charge is -2.31. The first kappa shape index (κ1) is 25.4.